The SMILES string of the molecule is C[Si](C)(C)OC(=O)[C@@H]1CCCN1.Cl. The number of carbonyl (C=O) groups is 1. The molecule has 0 unspecified atom stereocenters. The lowest BCUT2D eigenvalue weighted by atomic mass is 10.2. The van der Waals surface area contributed by atoms with Crippen molar-refractivity contribution >= 4 is 26.7 Å². The molecule has 3 nitrogen and oxygen atoms in total. The molecule has 0 aliphatic carbocycles. The van der Waals surface area contributed by atoms with Crippen molar-refractivity contribution in [3.63, 3.8) is 0 Å². The normalized spacial score (nSPS) is 22.2. The van der Waals surface area contributed by atoms with Crippen molar-refractivity contribution in [2.45, 2.75) is 38.5 Å². The van der Waals surface area contributed by atoms with E-state index < -0.39 is 8.32 Å². The summed E-state index contributed by atoms with van der Waals surface area (Å²) in [5.74, 6) is -0.0494. The summed E-state index contributed by atoms with van der Waals surface area (Å²) < 4.78 is 5.36. The molecule has 78 valence electrons. The number of rotatable bonds is 2. The van der Waals surface area contributed by atoms with E-state index in [0.29, 0.717) is 0 Å². The third-order valence-corrected chi connectivity index (χ3v) is 2.57. The number of hydrogen-bond acceptors (Lipinski definition) is 3. The van der Waals surface area contributed by atoms with Gasteiger partial charge in [0.1, 0.15) is 6.04 Å². The molecule has 0 aromatic heterocycles. The Morgan fingerprint density at radius 2 is 2.08 bits per heavy atom. The molecular formula is C8H18ClNO2Si. The van der Waals surface area contributed by atoms with Crippen LogP contribution in [0.2, 0.25) is 19.6 Å². The molecule has 1 aliphatic rings. The summed E-state index contributed by atoms with van der Waals surface area (Å²) in [4.78, 5) is 11.4. The van der Waals surface area contributed by atoms with Crippen LogP contribution in [0.25, 0.3) is 0 Å². The summed E-state index contributed by atoms with van der Waals surface area (Å²) in [5, 5.41) is 3.13. The van der Waals surface area contributed by atoms with Crippen molar-refractivity contribution < 1.29 is 9.22 Å². The maximum Gasteiger partial charge on any atom is 0.309 e. The monoisotopic (exact) mass is 223 g/mol. The summed E-state index contributed by atoms with van der Waals surface area (Å²) in [6.45, 7) is 7.03. The molecule has 0 aromatic carbocycles. The third-order valence-electron chi connectivity index (χ3n) is 1.75. The van der Waals surface area contributed by atoms with Gasteiger partial charge < -0.3 is 9.74 Å². The van der Waals surface area contributed by atoms with E-state index in [1.807, 2.05) is 19.6 Å². The maximum atomic E-state index is 11.4. The van der Waals surface area contributed by atoms with Crippen LogP contribution in [0.3, 0.4) is 0 Å². The largest absolute Gasteiger partial charge is 0.519 e. The van der Waals surface area contributed by atoms with Gasteiger partial charge in [0, 0.05) is 0 Å². The molecule has 13 heavy (non-hydrogen) atoms. The smallest absolute Gasteiger partial charge is 0.309 e. The summed E-state index contributed by atoms with van der Waals surface area (Å²) in [6, 6.07) is -0.0308. The molecule has 0 radical (unpaired) electrons. The van der Waals surface area contributed by atoms with Gasteiger partial charge in [-0.25, -0.2) is 0 Å². The van der Waals surface area contributed by atoms with E-state index in [0.717, 1.165) is 19.4 Å². The van der Waals surface area contributed by atoms with E-state index in [4.69, 9.17) is 4.43 Å². The Labute approximate surface area is 86.8 Å². The Morgan fingerprint density at radius 1 is 1.46 bits per heavy atom. The zero-order valence-electron chi connectivity index (χ0n) is 8.42. The first-order valence-corrected chi connectivity index (χ1v) is 7.86. The Bertz CT molecular complexity index is 175. The van der Waals surface area contributed by atoms with E-state index in [1.165, 1.54) is 0 Å². The lowest BCUT2D eigenvalue weighted by molar-refractivity contribution is -0.137. The summed E-state index contributed by atoms with van der Waals surface area (Å²) in [5.41, 5.74) is 0. The summed E-state index contributed by atoms with van der Waals surface area (Å²) in [7, 11) is -1.68. The molecule has 1 fully saturated rings. The van der Waals surface area contributed by atoms with Crippen LogP contribution in [0.4, 0.5) is 0 Å². The van der Waals surface area contributed by atoms with Gasteiger partial charge in [0.05, 0.1) is 0 Å². The second kappa shape index (κ2) is 4.98. The molecule has 0 aromatic rings. The van der Waals surface area contributed by atoms with Gasteiger partial charge in [0.15, 0.2) is 0 Å². The van der Waals surface area contributed by atoms with Gasteiger partial charge in [-0.2, -0.15) is 0 Å². The molecule has 0 saturated carbocycles. The molecule has 1 heterocycles. The van der Waals surface area contributed by atoms with Gasteiger partial charge in [-0.05, 0) is 39.0 Å². The minimum Gasteiger partial charge on any atom is -0.519 e. The molecule has 1 N–H and O–H groups in total. The standard InChI is InChI=1S/C8H17NO2Si.ClH/c1-12(2,3)11-8(10)7-5-4-6-9-7;/h7,9H,4-6H2,1-3H3;1H/t7-;/m0./s1. The Hall–Kier alpha value is -0.0631. The van der Waals surface area contributed by atoms with Gasteiger partial charge in [-0.1, -0.05) is 0 Å². The Balaban J connectivity index is 0.00000144. The van der Waals surface area contributed by atoms with Crippen LogP contribution in [0, 0.1) is 0 Å². The van der Waals surface area contributed by atoms with E-state index in [1.54, 1.807) is 0 Å². The first-order valence-electron chi connectivity index (χ1n) is 4.45. The number of hydrogen-bond donors (Lipinski definition) is 1. The van der Waals surface area contributed by atoms with Crippen LogP contribution in [-0.2, 0) is 9.22 Å². The third kappa shape index (κ3) is 4.64. The highest BCUT2D eigenvalue weighted by Gasteiger charge is 2.28. The van der Waals surface area contributed by atoms with E-state index in [2.05, 4.69) is 5.32 Å². The lowest BCUT2D eigenvalue weighted by Gasteiger charge is -2.20. The van der Waals surface area contributed by atoms with Crippen molar-refractivity contribution in [3.05, 3.63) is 0 Å². The van der Waals surface area contributed by atoms with E-state index in [9.17, 15) is 4.79 Å². The molecular weight excluding hydrogens is 206 g/mol. The Kier molecular flexibility index (Phi) is 4.95. The van der Waals surface area contributed by atoms with Gasteiger partial charge in [0.25, 0.3) is 0 Å². The predicted molar refractivity (Wildman–Crippen MR) is 57.7 cm³/mol. The first kappa shape index (κ1) is 12.9. The van der Waals surface area contributed by atoms with Gasteiger partial charge in [-0.3, -0.25) is 4.79 Å². The van der Waals surface area contributed by atoms with Crippen molar-refractivity contribution in [1.29, 1.82) is 0 Å². The van der Waals surface area contributed by atoms with Crippen LogP contribution in [-0.4, -0.2) is 26.9 Å². The van der Waals surface area contributed by atoms with Gasteiger partial charge >= 0.3 is 5.97 Å². The zero-order valence-corrected chi connectivity index (χ0v) is 10.2. The average Bonchev–Trinajstić information content (AvgIpc) is 2.32. The molecule has 5 heteroatoms. The van der Waals surface area contributed by atoms with Crippen molar-refractivity contribution in [2.75, 3.05) is 6.54 Å². The highest BCUT2D eigenvalue weighted by atomic mass is 35.5. The van der Waals surface area contributed by atoms with Crippen LogP contribution in [0.15, 0.2) is 0 Å². The fourth-order valence-electron chi connectivity index (χ4n) is 1.26. The molecule has 1 rings (SSSR count). The molecule has 0 amide bonds. The predicted octanol–water partition coefficient (Wildman–Crippen LogP) is 1.54. The molecule has 0 bridgehead atoms. The highest BCUT2D eigenvalue weighted by Crippen LogP contribution is 2.10. The van der Waals surface area contributed by atoms with E-state index in [-0.39, 0.29) is 24.4 Å². The summed E-state index contributed by atoms with van der Waals surface area (Å²) in [6.07, 6.45) is 2.02. The first-order chi connectivity index (χ1) is 5.49. The van der Waals surface area contributed by atoms with Crippen LogP contribution in [0.5, 0.6) is 0 Å². The maximum absolute atomic E-state index is 11.4. The summed E-state index contributed by atoms with van der Waals surface area (Å²) >= 11 is 0. The van der Waals surface area contributed by atoms with Crippen molar-refractivity contribution in [3.8, 4) is 0 Å². The van der Waals surface area contributed by atoms with Crippen LogP contribution < -0.4 is 5.32 Å². The van der Waals surface area contributed by atoms with Crippen molar-refractivity contribution in [2.24, 2.45) is 0 Å². The van der Waals surface area contributed by atoms with Gasteiger partial charge in [0.2, 0.25) is 8.32 Å². The van der Waals surface area contributed by atoms with Crippen molar-refractivity contribution in [1.82, 2.24) is 5.32 Å². The number of halogens is 1. The molecule has 1 saturated heterocycles. The molecule has 0 spiro atoms. The quantitative estimate of drug-likeness (QED) is 0.722. The minimum absolute atomic E-state index is 0. The molecule has 1 aliphatic heterocycles. The molecule has 1 atom stereocenters. The van der Waals surface area contributed by atoms with Crippen LogP contribution in [0.1, 0.15) is 12.8 Å². The topological polar surface area (TPSA) is 38.3 Å². The highest BCUT2D eigenvalue weighted by molar-refractivity contribution is 6.71. The average molecular weight is 224 g/mol. The zero-order chi connectivity index (χ0) is 9.19. The second-order valence-electron chi connectivity index (χ2n) is 4.18. The Morgan fingerprint density at radius 3 is 2.46 bits per heavy atom. The fraction of sp³-hybridized carbons (Fsp3) is 0.875. The lowest BCUT2D eigenvalue weighted by Crippen LogP contribution is -2.39. The second-order valence-corrected chi connectivity index (χ2v) is 8.61. The fourth-order valence-corrected chi connectivity index (χ4v) is 2.00. The minimum atomic E-state index is -1.68. The van der Waals surface area contributed by atoms with Crippen LogP contribution >= 0.6 is 12.4 Å². The van der Waals surface area contributed by atoms with E-state index >= 15 is 0 Å². The number of carbonyl (C=O) groups excluding carboxylic acids is 1. The van der Waals surface area contributed by atoms with Gasteiger partial charge in [-0.15, -0.1) is 12.4 Å². The number of nitrogens with one attached hydrogen (secondary N) is 1.